The first-order valence-corrected chi connectivity index (χ1v) is 9.54. The van der Waals surface area contributed by atoms with Gasteiger partial charge in [-0.2, -0.15) is 0 Å². The largest absolute Gasteiger partial charge is 0.491 e. The second kappa shape index (κ2) is 10.2. The molecule has 1 saturated heterocycles. The minimum Gasteiger partial charge on any atom is -0.491 e. The second-order valence-electron chi connectivity index (χ2n) is 6.89. The average molecular weight is 387 g/mol. The Balaban J connectivity index is 1.43. The predicted octanol–water partition coefficient (Wildman–Crippen LogP) is 3.09. The van der Waals surface area contributed by atoms with Crippen molar-refractivity contribution >= 4 is 5.91 Å². The summed E-state index contributed by atoms with van der Waals surface area (Å²) in [4.78, 5) is 12.2. The van der Waals surface area contributed by atoms with E-state index in [0.29, 0.717) is 33.0 Å². The molecule has 28 heavy (non-hydrogen) atoms. The molecule has 1 aliphatic heterocycles. The first-order valence-electron chi connectivity index (χ1n) is 9.54. The van der Waals surface area contributed by atoms with Crippen LogP contribution in [0.5, 0.6) is 5.75 Å². The maximum atomic E-state index is 13.3. The van der Waals surface area contributed by atoms with Crippen LogP contribution in [0, 0.1) is 5.82 Å². The number of para-hydroxylation sites is 1. The molecule has 0 atom stereocenters. The summed E-state index contributed by atoms with van der Waals surface area (Å²) >= 11 is 0. The first-order chi connectivity index (χ1) is 13.7. The maximum Gasteiger partial charge on any atom is 0.246 e. The molecule has 6 heteroatoms. The lowest BCUT2D eigenvalue weighted by Gasteiger charge is -2.38. The van der Waals surface area contributed by atoms with Crippen molar-refractivity contribution in [2.75, 3.05) is 39.6 Å². The highest BCUT2D eigenvalue weighted by Gasteiger charge is 2.34. The normalized spacial score (nSPS) is 15.8. The van der Waals surface area contributed by atoms with Crippen LogP contribution < -0.4 is 10.1 Å². The Morgan fingerprint density at radius 2 is 1.75 bits per heavy atom. The van der Waals surface area contributed by atoms with Gasteiger partial charge in [0.05, 0.1) is 6.61 Å². The number of ether oxygens (including phenoxy) is 3. The fourth-order valence-electron chi connectivity index (χ4n) is 3.35. The molecule has 1 N–H and O–H groups in total. The zero-order valence-corrected chi connectivity index (χ0v) is 15.9. The molecule has 1 aliphatic rings. The Morgan fingerprint density at radius 3 is 2.46 bits per heavy atom. The smallest absolute Gasteiger partial charge is 0.246 e. The van der Waals surface area contributed by atoms with Gasteiger partial charge in [-0.15, -0.1) is 0 Å². The zero-order valence-electron chi connectivity index (χ0n) is 15.9. The summed E-state index contributed by atoms with van der Waals surface area (Å²) in [6, 6.07) is 16.0. The number of hydrogen-bond acceptors (Lipinski definition) is 4. The van der Waals surface area contributed by atoms with Crippen LogP contribution in [0.3, 0.4) is 0 Å². The Bertz CT molecular complexity index is 730. The van der Waals surface area contributed by atoms with Crippen molar-refractivity contribution in [3.63, 3.8) is 0 Å². The van der Waals surface area contributed by atoms with Gasteiger partial charge in [0.1, 0.15) is 24.8 Å². The first kappa shape index (κ1) is 20.3. The van der Waals surface area contributed by atoms with Crippen LogP contribution >= 0.6 is 0 Å². The maximum absolute atomic E-state index is 13.3. The van der Waals surface area contributed by atoms with E-state index in [-0.39, 0.29) is 23.7 Å². The highest BCUT2D eigenvalue weighted by Crippen LogP contribution is 2.34. The molecule has 0 aromatic heterocycles. The molecule has 0 radical (unpaired) electrons. The third-order valence-corrected chi connectivity index (χ3v) is 5.00. The van der Waals surface area contributed by atoms with Crippen LogP contribution in [-0.2, 0) is 19.7 Å². The number of nitrogens with one attached hydrogen (secondary N) is 1. The van der Waals surface area contributed by atoms with Crippen molar-refractivity contribution in [3.05, 3.63) is 66.0 Å². The van der Waals surface area contributed by atoms with Gasteiger partial charge in [-0.25, -0.2) is 4.39 Å². The van der Waals surface area contributed by atoms with E-state index in [2.05, 4.69) is 5.32 Å². The van der Waals surface area contributed by atoms with Gasteiger partial charge < -0.3 is 19.5 Å². The molecule has 0 unspecified atom stereocenters. The molecule has 0 aliphatic carbocycles. The van der Waals surface area contributed by atoms with E-state index in [4.69, 9.17) is 14.2 Å². The van der Waals surface area contributed by atoms with E-state index in [1.165, 1.54) is 12.1 Å². The van der Waals surface area contributed by atoms with Gasteiger partial charge in [-0.1, -0.05) is 30.3 Å². The lowest BCUT2D eigenvalue weighted by molar-refractivity contribution is -0.126. The summed E-state index contributed by atoms with van der Waals surface area (Å²) < 4.78 is 29.7. The number of carbonyl (C=O) groups excluding carboxylic acids is 1. The summed E-state index contributed by atoms with van der Waals surface area (Å²) in [5.41, 5.74) is 0.785. The van der Waals surface area contributed by atoms with Crippen LogP contribution in [0.1, 0.15) is 18.4 Å². The average Bonchev–Trinajstić information content (AvgIpc) is 2.74. The van der Waals surface area contributed by atoms with Gasteiger partial charge in [-0.3, -0.25) is 4.79 Å². The van der Waals surface area contributed by atoms with Crippen LogP contribution in [0.25, 0.3) is 0 Å². The second-order valence-corrected chi connectivity index (χ2v) is 6.89. The highest BCUT2D eigenvalue weighted by atomic mass is 19.1. The summed E-state index contributed by atoms with van der Waals surface area (Å²) in [6.45, 7) is 2.42. The molecule has 2 aromatic carbocycles. The minimum absolute atomic E-state index is 0.0197. The molecule has 5 nitrogen and oxygen atoms in total. The number of rotatable bonds is 9. The van der Waals surface area contributed by atoms with Crippen molar-refractivity contribution in [1.82, 2.24) is 5.32 Å². The zero-order chi connectivity index (χ0) is 19.7. The fraction of sp³-hybridized carbons (Fsp3) is 0.409. The SMILES string of the molecule is O=C(COCCOc1ccccc1)NCC1(c2ccc(F)cc2)CCOCC1. The van der Waals surface area contributed by atoms with Crippen LogP contribution in [0.2, 0.25) is 0 Å². The van der Waals surface area contributed by atoms with Crippen molar-refractivity contribution in [1.29, 1.82) is 0 Å². The predicted molar refractivity (Wildman–Crippen MR) is 104 cm³/mol. The Kier molecular flexibility index (Phi) is 7.39. The summed E-state index contributed by atoms with van der Waals surface area (Å²) in [6.07, 6.45) is 1.56. The van der Waals surface area contributed by atoms with E-state index in [1.807, 2.05) is 30.3 Å². The molecule has 3 rings (SSSR count). The third-order valence-electron chi connectivity index (χ3n) is 5.00. The number of benzene rings is 2. The number of amides is 1. The van der Waals surface area contributed by atoms with Gasteiger partial charge in [0.25, 0.3) is 0 Å². The van der Waals surface area contributed by atoms with Gasteiger partial charge in [0.15, 0.2) is 0 Å². The van der Waals surface area contributed by atoms with Crippen LogP contribution in [0.4, 0.5) is 4.39 Å². The molecule has 0 saturated carbocycles. The lowest BCUT2D eigenvalue weighted by Crippen LogP contribution is -2.45. The van der Waals surface area contributed by atoms with Gasteiger partial charge >= 0.3 is 0 Å². The van der Waals surface area contributed by atoms with Gasteiger partial charge in [0, 0.05) is 25.2 Å². The molecule has 1 amide bonds. The number of carbonyl (C=O) groups is 1. The standard InChI is InChI=1S/C22H26FNO4/c23-19-8-6-18(7-9-19)22(10-12-26-13-11-22)17-24-21(25)16-27-14-15-28-20-4-2-1-3-5-20/h1-9H,10-17H2,(H,24,25). The molecule has 150 valence electrons. The van der Waals surface area contributed by atoms with Crippen molar-refractivity contribution in [2.24, 2.45) is 0 Å². The molecule has 1 heterocycles. The van der Waals surface area contributed by atoms with Crippen molar-refractivity contribution in [2.45, 2.75) is 18.3 Å². The molecular formula is C22H26FNO4. The summed E-state index contributed by atoms with van der Waals surface area (Å²) in [5, 5.41) is 2.96. The highest BCUT2D eigenvalue weighted by molar-refractivity contribution is 5.77. The summed E-state index contributed by atoms with van der Waals surface area (Å²) in [5.74, 6) is 0.338. The van der Waals surface area contributed by atoms with E-state index in [9.17, 15) is 9.18 Å². The molecular weight excluding hydrogens is 361 g/mol. The Hall–Kier alpha value is -2.44. The molecule has 1 fully saturated rings. The number of halogens is 1. The van der Waals surface area contributed by atoms with Gasteiger partial charge in [-0.05, 0) is 42.7 Å². The minimum atomic E-state index is -0.263. The Labute approximate surface area is 164 Å². The van der Waals surface area contributed by atoms with Crippen molar-refractivity contribution in [3.8, 4) is 5.75 Å². The Morgan fingerprint density at radius 1 is 1.04 bits per heavy atom. The van der Waals surface area contributed by atoms with Gasteiger partial charge in [0.2, 0.25) is 5.91 Å². The van der Waals surface area contributed by atoms with E-state index in [0.717, 1.165) is 24.2 Å². The van der Waals surface area contributed by atoms with E-state index in [1.54, 1.807) is 12.1 Å². The monoisotopic (exact) mass is 387 g/mol. The number of hydrogen-bond donors (Lipinski definition) is 1. The fourth-order valence-corrected chi connectivity index (χ4v) is 3.35. The van der Waals surface area contributed by atoms with E-state index < -0.39 is 0 Å². The molecule has 0 bridgehead atoms. The van der Waals surface area contributed by atoms with Crippen molar-refractivity contribution < 1.29 is 23.4 Å². The molecule has 0 spiro atoms. The molecule has 2 aromatic rings. The van der Waals surface area contributed by atoms with E-state index >= 15 is 0 Å². The lowest BCUT2D eigenvalue weighted by atomic mass is 9.74. The summed E-state index contributed by atoms with van der Waals surface area (Å²) in [7, 11) is 0. The third kappa shape index (κ3) is 5.78. The van der Waals surface area contributed by atoms with Crippen LogP contribution in [0.15, 0.2) is 54.6 Å². The quantitative estimate of drug-likeness (QED) is 0.672. The topological polar surface area (TPSA) is 56.8 Å². The van der Waals surface area contributed by atoms with Crippen LogP contribution in [-0.4, -0.2) is 45.5 Å².